The maximum absolute atomic E-state index is 13.0. The Labute approximate surface area is 199 Å². The number of amides is 2. The molecular weight excluding hydrogens is 463 g/mol. The molecule has 0 saturated carbocycles. The zero-order valence-electron chi connectivity index (χ0n) is 19.2. The Morgan fingerprint density at radius 2 is 1.71 bits per heavy atom. The van der Waals surface area contributed by atoms with Crippen molar-refractivity contribution in [3.63, 3.8) is 0 Å². The number of anilines is 2. The van der Waals surface area contributed by atoms with Crippen LogP contribution >= 0.6 is 0 Å². The second-order valence-electron chi connectivity index (χ2n) is 8.08. The molecule has 0 unspecified atom stereocenters. The fraction of sp³-hybridized carbons (Fsp3) is 0.292. The van der Waals surface area contributed by atoms with Crippen molar-refractivity contribution in [1.82, 2.24) is 14.7 Å². The highest BCUT2D eigenvalue weighted by Crippen LogP contribution is 2.32. The van der Waals surface area contributed by atoms with E-state index in [4.69, 9.17) is 4.74 Å². The number of benzene rings is 2. The number of nitrogens with zero attached hydrogens (tertiary/aromatic N) is 4. The van der Waals surface area contributed by atoms with Crippen molar-refractivity contribution in [1.29, 1.82) is 0 Å². The number of aryl methyl sites for hydroxylation is 1. The fourth-order valence-electron chi connectivity index (χ4n) is 3.90. The predicted molar refractivity (Wildman–Crippen MR) is 124 cm³/mol. The number of halogens is 3. The first kappa shape index (κ1) is 24.1. The molecule has 184 valence electrons. The van der Waals surface area contributed by atoms with Gasteiger partial charge in [0.15, 0.2) is 0 Å². The zero-order chi connectivity index (χ0) is 25.2. The van der Waals surface area contributed by atoms with Crippen molar-refractivity contribution in [2.24, 2.45) is 7.05 Å². The SMILES string of the molecule is COc1nn(C)cc1C(=O)Nc1ccc(C(=O)N2CCN(c3cccc(C(F)(F)F)c3)CC2)cc1. The summed E-state index contributed by atoms with van der Waals surface area (Å²) in [5.74, 6) is -0.360. The third kappa shape index (κ3) is 5.39. The highest BCUT2D eigenvalue weighted by molar-refractivity contribution is 6.06. The van der Waals surface area contributed by atoms with Gasteiger partial charge in [0.2, 0.25) is 5.88 Å². The summed E-state index contributed by atoms with van der Waals surface area (Å²) in [5.41, 5.74) is 1.04. The summed E-state index contributed by atoms with van der Waals surface area (Å²) in [6.07, 6.45) is -2.85. The normalized spacial score (nSPS) is 14.1. The van der Waals surface area contributed by atoms with Crippen LogP contribution < -0.4 is 15.0 Å². The molecule has 8 nitrogen and oxygen atoms in total. The average molecular weight is 487 g/mol. The molecule has 2 aromatic carbocycles. The summed E-state index contributed by atoms with van der Waals surface area (Å²) >= 11 is 0. The molecule has 1 saturated heterocycles. The Hall–Kier alpha value is -4.02. The van der Waals surface area contributed by atoms with Crippen LogP contribution in [0.1, 0.15) is 26.3 Å². The topological polar surface area (TPSA) is 79.7 Å². The molecule has 2 heterocycles. The lowest BCUT2D eigenvalue weighted by Crippen LogP contribution is -2.48. The van der Waals surface area contributed by atoms with Gasteiger partial charge in [-0.05, 0) is 42.5 Å². The molecule has 1 N–H and O–H groups in total. The lowest BCUT2D eigenvalue weighted by atomic mass is 10.1. The first-order valence-electron chi connectivity index (χ1n) is 10.9. The van der Waals surface area contributed by atoms with Crippen LogP contribution in [0.5, 0.6) is 5.88 Å². The van der Waals surface area contributed by atoms with Gasteiger partial charge in [0.1, 0.15) is 5.56 Å². The van der Waals surface area contributed by atoms with E-state index < -0.39 is 11.7 Å². The van der Waals surface area contributed by atoms with E-state index >= 15 is 0 Å². The number of nitrogens with one attached hydrogen (secondary N) is 1. The standard InChI is InChI=1S/C24H24F3N5O3/c1-30-15-20(22(29-30)35-2)21(33)28-18-8-6-16(7-9-18)23(34)32-12-10-31(11-13-32)19-5-3-4-17(14-19)24(25,26)27/h3-9,14-15H,10-13H2,1-2H3,(H,28,33). The molecule has 1 aliphatic rings. The van der Waals surface area contributed by atoms with Gasteiger partial charge in [0.05, 0.1) is 12.7 Å². The average Bonchev–Trinajstić information content (AvgIpc) is 3.24. The van der Waals surface area contributed by atoms with Gasteiger partial charge in [-0.3, -0.25) is 14.3 Å². The van der Waals surface area contributed by atoms with Crippen LogP contribution in [0.2, 0.25) is 0 Å². The summed E-state index contributed by atoms with van der Waals surface area (Å²) in [7, 11) is 3.11. The molecule has 1 aromatic heterocycles. The number of methoxy groups -OCH3 is 1. The van der Waals surface area contributed by atoms with E-state index in [1.165, 1.54) is 17.9 Å². The van der Waals surface area contributed by atoms with Crippen molar-refractivity contribution >= 4 is 23.2 Å². The van der Waals surface area contributed by atoms with Crippen LogP contribution in [0, 0.1) is 0 Å². The van der Waals surface area contributed by atoms with Crippen molar-refractivity contribution in [2.45, 2.75) is 6.18 Å². The van der Waals surface area contributed by atoms with Gasteiger partial charge in [-0.2, -0.15) is 13.2 Å². The molecule has 0 radical (unpaired) electrons. The number of rotatable bonds is 5. The Kier molecular flexibility index (Phi) is 6.68. The lowest BCUT2D eigenvalue weighted by molar-refractivity contribution is -0.137. The van der Waals surface area contributed by atoms with E-state index in [0.717, 1.165) is 12.1 Å². The van der Waals surface area contributed by atoms with Gasteiger partial charge >= 0.3 is 6.18 Å². The monoisotopic (exact) mass is 487 g/mol. The van der Waals surface area contributed by atoms with Gasteiger partial charge in [-0.15, -0.1) is 5.10 Å². The van der Waals surface area contributed by atoms with Crippen molar-refractivity contribution in [2.75, 3.05) is 43.5 Å². The van der Waals surface area contributed by atoms with E-state index in [9.17, 15) is 22.8 Å². The maximum Gasteiger partial charge on any atom is 0.416 e. The fourth-order valence-corrected chi connectivity index (χ4v) is 3.90. The molecule has 1 aliphatic heterocycles. The quantitative estimate of drug-likeness (QED) is 0.594. The van der Waals surface area contributed by atoms with Gasteiger partial charge < -0.3 is 19.9 Å². The number of hydrogen-bond acceptors (Lipinski definition) is 5. The summed E-state index contributed by atoms with van der Waals surface area (Å²) in [4.78, 5) is 28.9. The van der Waals surface area contributed by atoms with Crippen LogP contribution in [0.3, 0.4) is 0 Å². The van der Waals surface area contributed by atoms with E-state index in [1.54, 1.807) is 48.5 Å². The van der Waals surface area contributed by atoms with E-state index in [1.807, 2.05) is 4.90 Å². The van der Waals surface area contributed by atoms with Crippen LogP contribution in [0.4, 0.5) is 24.5 Å². The van der Waals surface area contributed by atoms with Crippen LogP contribution in [-0.2, 0) is 13.2 Å². The number of alkyl halides is 3. The van der Waals surface area contributed by atoms with Gasteiger partial charge in [0.25, 0.3) is 11.8 Å². The highest BCUT2D eigenvalue weighted by atomic mass is 19.4. The minimum atomic E-state index is -4.40. The van der Waals surface area contributed by atoms with E-state index in [2.05, 4.69) is 10.4 Å². The van der Waals surface area contributed by atoms with Crippen LogP contribution in [-0.4, -0.2) is 59.8 Å². The highest BCUT2D eigenvalue weighted by Gasteiger charge is 2.31. The van der Waals surface area contributed by atoms with Crippen LogP contribution in [0.15, 0.2) is 54.7 Å². The van der Waals surface area contributed by atoms with Crippen LogP contribution in [0.25, 0.3) is 0 Å². The molecule has 2 amide bonds. The molecule has 11 heteroatoms. The van der Waals surface area contributed by atoms with Gasteiger partial charge in [-0.1, -0.05) is 6.07 Å². The summed E-state index contributed by atoms with van der Waals surface area (Å²) < 4.78 is 45.6. The first-order valence-corrected chi connectivity index (χ1v) is 10.9. The molecule has 0 bridgehead atoms. The largest absolute Gasteiger partial charge is 0.479 e. The third-order valence-corrected chi connectivity index (χ3v) is 5.73. The Balaban J connectivity index is 1.35. The Morgan fingerprint density at radius 3 is 2.34 bits per heavy atom. The maximum atomic E-state index is 13.0. The number of ether oxygens (including phenoxy) is 1. The number of piperazine rings is 1. The molecule has 1 fully saturated rings. The second-order valence-corrected chi connectivity index (χ2v) is 8.08. The summed E-state index contributed by atoms with van der Waals surface area (Å²) in [5, 5.41) is 6.80. The minimum absolute atomic E-state index is 0.180. The number of aromatic nitrogens is 2. The smallest absolute Gasteiger partial charge is 0.416 e. The van der Waals surface area contributed by atoms with E-state index in [0.29, 0.717) is 43.1 Å². The van der Waals surface area contributed by atoms with E-state index in [-0.39, 0.29) is 23.3 Å². The second kappa shape index (κ2) is 9.69. The molecule has 3 aromatic rings. The van der Waals surface area contributed by atoms with Crippen molar-refractivity contribution in [3.05, 3.63) is 71.4 Å². The van der Waals surface area contributed by atoms with Gasteiger partial charge in [0, 0.05) is 56.4 Å². The number of carbonyl (C=O) groups is 2. The molecule has 0 spiro atoms. The molecular formula is C24H24F3N5O3. The Morgan fingerprint density at radius 1 is 1.03 bits per heavy atom. The summed E-state index contributed by atoms with van der Waals surface area (Å²) in [6, 6.07) is 11.7. The molecule has 0 aliphatic carbocycles. The van der Waals surface area contributed by atoms with Crippen molar-refractivity contribution in [3.8, 4) is 5.88 Å². The molecule has 0 atom stereocenters. The Bertz CT molecular complexity index is 1220. The molecule has 35 heavy (non-hydrogen) atoms. The van der Waals surface area contributed by atoms with Crippen molar-refractivity contribution < 1.29 is 27.5 Å². The third-order valence-electron chi connectivity index (χ3n) is 5.73. The number of carbonyl (C=O) groups excluding carboxylic acids is 2. The lowest BCUT2D eigenvalue weighted by Gasteiger charge is -2.36. The van der Waals surface area contributed by atoms with Gasteiger partial charge in [-0.25, -0.2) is 0 Å². The molecule has 4 rings (SSSR count). The minimum Gasteiger partial charge on any atom is -0.479 e. The zero-order valence-corrected chi connectivity index (χ0v) is 19.2. The predicted octanol–water partition coefficient (Wildman–Crippen LogP) is 3.66. The first-order chi connectivity index (χ1) is 16.7. The number of hydrogen-bond donors (Lipinski definition) is 1. The summed E-state index contributed by atoms with van der Waals surface area (Å²) in [6.45, 7) is 1.62.